The Balaban J connectivity index is 2.50. The van der Waals surface area contributed by atoms with E-state index in [0.717, 1.165) is 0 Å². The lowest BCUT2D eigenvalue weighted by atomic mass is 10.2. The maximum absolute atomic E-state index is 11.9. The number of hydrogen-bond acceptors (Lipinski definition) is 5. The first-order valence-electron chi connectivity index (χ1n) is 7.25. The molecule has 1 aromatic rings. The minimum atomic E-state index is -0.943. The van der Waals surface area contributed by atoms with Crippen LogP contribution in [0.4, 0.5) is 5.69 Å². The molecule has 0 unspecified atom stereocenters. The second-order valence-electron chi connectivity index (χ2n) is 5.13. The van der Waals surface area contributed by atoms with Crippen molar-refractivity contribution in [2.45, 2.75) is 19.3 Å². The number of phenolic OH excluding ortho intramolecular Hbond substituents is 2. The number of benzene rings is 1. The zero-order valence-corrected chi connectivity index (χ0v) is 13.8. The van der Waals surface area contributed by atoms with Crippen LogP contribution in [-0.2, 0) is 14.4 Å². The summed E-state index contributed by atoms with van der Waals surface area (Å²) in [4.78, 5) is 33.2. The Hall–Kier alpha value is -2.34. The number of rotatable bonds is 10. The number of aromatic hydroxyl groups is 2. The highest BCUT2D eigenvalue weighted by Gasteiger charge is 2.14. The van der Waals surface area contributed by atoms with Gasteiger partial charge in [0.2, 0.25) is 5.91 Å². The van der Waals surface area contributed by atoms with Crippen molar-refractivity contribution in [2.24, 2.45) is 0 Å². The van der Waals surface area contributed by atoms with Gasteiger partial charge in [-0.3, -0.25) is 14.4 Å². The molecule has 9 heteroatoms. The van der Waals surface area contributed by atoms with E-state index in [4.69, 9.17) is 10.2 Å². The van der Waals surface area contributed by atoms with E-state index in [1.54, 1.807) is 0 Å². The van der Waals surface area contributed by atoms with Gasteiger partial charge in [0.05, 0.1) is 0 Å². The van der Waals surface area contributed by atoms with E-state index in [-0.39, 0.29) is 36.7 Å². The Bertz CT molecular complexity index is 587. The van der Waals surface area contributed by atoms with Gasteiger partial charge in [-0.05, 0) is 30.6 Å². The molecule has 0 aliphatic rings. The fourth-order valence-electron chi connectivity index (χ4n) is 1.93. The van der Waals surface area contributed by atoms with Crippen LogP contribution in [0.2, 0.25) is 0 Å². The van der Waals surface area contributed by atoms with Gasteiger partial charge < -0.3 is 25.7 Å². The number of carbonyl (C=O) groups excluding carboxylic acids is 1. The molecule has 0 heterocycles. The van der Waals surface area contributed by atoms with Crippen molar-refractivity contribution in [3.63, 3.8) is 0 Å². The van der Waals surface area contributed by atoms with Crippen molar-refractivity contribution >= 4 is 31.5 Å². The first-order valence-corrected chi connectivity index (χ1v) is 9.15. The van der Waals surface area contributed by atoms with Crippen LogP contribution < -0.4 is 5.32 Å². The molecule has 0 saturated heterocycles. The molecule has 0 atom stereocenters. The van der Waals surface area contributed by atoms with Crippen LogP contribution >= 0.6 is 7.92 Å². The fourth-order valence-corrected chi connectivity index (χ4v) is 4.13. The number of phenols is 2. The lowest BCUT2D eigenvalue weighted by molar-refractivity contribution is -0.137. The van der Waals surface area contributed by atoms with Crippen LogP contribution in [0, 0.1) is 0 Å². The summed E-state index contributed by atoms with van der Waals surface area (Å²) in [6.07, 6.45) is 1.24. The summed E-state index contributed by atoms with van der Waals surface area (Å²) >= 11 is 0. The molecule has 24 heavy (non-hydrogen) atoms. The largest absolute Gasteiger partial charge is 0.504 e. The molecule has 8 nitrogen and oxygen atoms in total. The minimum absolute atomic E-state index is 0.0429. The third kappa shape index (κ3) is 7.78. The summed E-state index contributed by atoms with van der Waals surface area (Å²) in [6.45, 7) is 0. The maximum atomic E-state index is 11.9. The molecule has 0 aromatic heterocycles. The van der Waals surface area contributed by atoms with Crippen molar-refractivity contribution in [3.05, 3.63) is 18.2 Å². The topological polar surface area (TPSA) is 144 Å². The van der Waals surface area contributed by atoms with Crippen LogP contribution in [-0.4, -0.2) is 56.8 Å². The van der Waals surface area contributed by atoms with E-state index >= 15 is 0 Å². The summed E-state index contributed by atoms with van der Waals surface area (Å²) in [7, 11) is -0.856. The van der Waals surface area contributed by atoms with Gasteiger partial charge in [-0.15, -0.1) is 7.92 Å². The number of carbonyl (C=O) groups is 3. The number of carboxylic acids is 2. The number of hydrogen-bond donors (Lipinski definition) is 5. The zero-order valence-electron chi connectivity index (χ0n) is 12.9. The standard InChI is InChI=1S/C15H20NO7P/c17-11-2-1-10(9-12(11)18)16-13(19)3-6-24(7-4-14(20)21)8-5-15(22)23/h1-2,9,17-18H,3-8H2,(H,16,19)(H,20,21)(H,22,23). The molecule has 1 aromatic carbocycles. The van der Waals surface area contributed by atoms with E-state index in [2.05, 4.69) is 5.32 Å². The zero-order chi connectivity index (χ0) is 18.1. The van der Waals surface area contributed by atoms with Crippen molar-refractivity contribution in [1.82, 2.24) is 0 Å². The predicted octanol–water partition coefficient (Wildman–Crippen LogP) is 1.86. The van der Waals surface area contributed by atoms with Gasteiger partial charge in [0.1, 0.15) is 0 Å². The number of nitrogens with one attached hydrogen (secondary N) is 1. The van der Waals surface area contributed by atoms with Gasteiger partial charge in [-0.2, -0.15) is 0 Å². The Kier molecular flexibility index (Phi) is 7.98. The van der Waals surface area contributed by atoms with Gasteiger partial charge in [0.15, 0.2) is 11.5 Å². The highest BCUT2D eigenvalue weighted by Crippen LogP contribution is 2.37. The van der Waals surface area contributed by atoms with Gasteiger partial charge >= 0.3 is 11.9 Å². The number of anilines is 1. The molecular weight excluding hydrogens is 337 g/mol. The van der Waals surface area contributed by atoms with Crippen LogP contribution in [0.1, 0.15) is 19.3 Å². The summed E-state index contributed by atoms with van der Waals surface area (Å²) < 4.78 is 0. The fraction of sp³-hybridized carbons (Fsp3) is 0.400. The number of amides is 1. The van der Waals surface area contributed by atoms with Crippen molar-refractivity contribution in [1.29, 1.82) is 0 Å². The molecule has 132 valence electrons. The first kappa shape index (κ1) is 19.7. The van der Waals surface area contributed by atoms with Gasteiger partial charge in [-0.25, -0.2) is 0 Å². The monoisotopic (exact) mass is 357 g/mol. The second-order valence-corrected chi connectivity index (χ2v) is 7.81. The summed E-state index contributed by atoms with van der Waals surface area (Å²) in [5, 5.41) is 38.6. The molecule has 0 aliphatic carbocycles. The molecule has 0 saturated carbocycles. The van der Waals surface area contributed by atoms with Gasteiger partial charge in [-0.1, -0.05) is 0 Å². The van der Waals surface area contributed by atoms with Gasteiger partial charge in [0.25, 0.3) is 0 Å². The average Bonchev–Trinajstić information content (AvgIpc) is 2.49. The van der Waals surface area contributed by atoms with Crippen molar-refractivity contribution in [2.75, 3.05) is 23.8 Å². The second kappa shape index (κ2) is 9.72. The molecule has 0 spiro atoms. The van der Waals surface area contributed by atoms with E-state index in [9.17, 15) is 24.6 Å². The molecular formula is C15H20NO7P. The third-order valence-electron chi connectivity index (χ3n) is 3.20. The molecule has 0 radical (unpaired) electrons. The number of carboxylic acid groups (broad SMARTS) is 2. The lowest BCUT2D eigenvalue weighted by Crippen LogP contribution is -2.14. The Labute approximate surface area is 139 Å². The van der Waals surface area contributed by atoms with E-state index < -0.39 is 19.9 Å². The molecule has 0 fully saturated rings. The summed E-state index contributed by atoms with van der Waals surface area (Å²) in [6, 6.07) is 3.90. The Morgan fingerprint density at radius 2 is 1.42 bits per heavy atom. The summed E-state index contributed by atoms with van der Waals surface area (Å²) in [5.74, 6) is -2.85. The normalized spacial score (nSPS) is 10.5. The quantitative estimate of drug-likeness (QED) is 0.244. The van der Waals surface area contributed by atoms with E-state index in [0.29, 0.717) is 24.2 Å². The van der Waals surface area contributed by atoms with Crippen molar-refractivity contribution in [3.8, 4) is 11.5 Å². The van der Waals surface area contributed by atoms with Crippen LogP contribution in [0.25, 0.3) is 0 Å². The highest BCUT2D eigenvalue weighted by molar-refractivity contribution is 7.57. The minimum Gasteiger partial charge on any atom is -0.504 e. The summed E-state index contributed by atoms with van der Waals surface area (Å²) in [5.41, 5.74) is 0.329. The average molecular weight is 357 g/mol. The Morgan fingerprint density at radius 1 is 0.875 bits per heavy atom. The molecule has 0 bridgehead atoms. The third-order valence-corrected chi connectivity index (χ3v) is 5.77. The molecule has 0 aliphatic heterocycles. The molecule has 5 N–H and O–H groups in total. The number of aliphatic carboxylic acids is 2. The SMILES string of the molecule is O=C(O)CCP(CCC(=O)O)CCC(=O)Nc1ccc(O)c(O)c1. The van der Waals surface area contributed by atoms with Gasteiger partial charge in [0, 0.05) is 31.0 Å². The van der Waals surface area contributed by atoms with Crippen LogP contribution in [0.3, 0.4) is 0 Å². The first-order chi connectivity index (χ1) is 11.3. The van der Waals surface area contributed by atoms with E-state index in [1.807, 2.05) is 0 Å². The van der Waals surface area contributed by atoms with Crippen molar-refractivity contribution < 1.29 is 34.8 Å². The maximum Gasteiger partial charge on any atom is 0.303 e. The van der Waals surface area contributed by atoms with Crippen LogP contribution in [0.5, 0.6) is 11.5 Å². The van der Waals surface area contributed by atoms with E-state index in [1.165, 1.54) is 18.2 Å². The molecule has 1 rings (SSSR count). The predicted molar refractivity (Wildman–Crippen MR) is 89.0 cm³/mol. The lowest BCUT2D eigenvalue weighted by Gasteiger charge is -2.16. The smallest absolute Gasteiger partial charge is 0.303 e. The Morgan fingerprint density at radius 3 is 1.92 bits per heavy atom. The van der Waals surface area contributed by atoms with Crippen LogP contribution in [0.15, 0.2) is 18.2 Å². The highest BCUT2D eigenvalue weighted by atomic mass is 31.1. The molecule has 1 amide bonds.